The number of hydrogen-bond acceptors (Lipinski definition) is 6. The minimum Gasteiger partial charge on any atom is -0.481 e. The summed E-state index contributed by atoms with van der Waals surface area (Å²) < 4.78 is 0. The van der Waals surface area contributed by atoms with Gasteiger partial charge in [0.2, 0.25) is 17.7 Å². The fourth-order valence-electron chi connectivity index (χ4n) is 4.20. The second kappa shape index (κ2) is 13.6. The van der Waals surface area contributed by atoms with E-state index < -0.39 is 53.8 Å². The van der Waals surface area contributed by atoms with Gasteiger partial charge in [0, 0.05) is 19.4 Å². The van der Waals surface area contributed by atoms with Crippen molar-refractivity contribution in [1.29, 1.82) is 0 Å². The quantitative estimate of drug-likeness (QED) is 0.258. The van der Waals surface area contributed by atoms with Gasteiger partial charge < -0.3 is 31.5 Å². The van der Waals surface area contributed by atoms with Crippen LogP contribution in [-0.4, -0.2) is 75.5 Å². The van der Waals surface area contributed by atoms with Gasteiger partial charge in [-0.05, 0) is 37.2 Å². The van der Waals surface area contributed by atoms with Crippen LogP contribution in [0.2, 0.25) is 0 Å². The van der Waals surface area contributed by atoms with E-state index in [0.717, 1.165) is 5.56 Å². The monoisotopic (exact) mass is 504 g/mol. The number of carbonyl (C=O) groups is 5. The van der Waals surface area contributed by atoms with Gasteiger partial charge in [0.25, 0.3) is 0 Å². The summed E-state index contributed by atoms with van der Waals surface area (Å²) in [5, 5.41) is 23.5. The van der Waals surface area contributed by atoms with Gasteiger partial charge >= 0.3 is 11.9 Å². The lowest BCUT2D eigenvalue weighted by atomic mass is 10.0. The molecule has 11 nitrogen and oxygen atoms in total. The molecule has 4 atom stereocenters. The summed E-state index contributed by atoms with van der Waals surface area (Å²) in [5.41, 5.74) is 6.62. The third-order valence-electron chi connectivity index (χ3n) is 6.06. The molecule has 1 aromatic carbocycles. The summed E-state index contributed by atoms with van der Waals surface area (Å²) in [6.45, 7) is 3.99. The molecule has 0 aliphatic carbocycles. The summed E-state index contributed by atoms with van der Waals surface area (Å²) in [7, 11) is 0. The Labute approximate surface area is 210 Å². The van der Waals surface area contributed by atoms with E-state index in [9.17, 15) is 29.1 Å². The minimum atomic E-state index is -1.14. The number of carbonyl (C=O) groups excluding carboxylic acids is 3. The molecule has 3 amide bonds. The molecule has 2 rings (SSSR count). The largest absolute Gasteiger partial charge is 0.481 e. The van der Waals surface area contributed by atoms with Crippen molar-refractivity contribution in [1.82, 2.24) is 15.5 Å². The van der Waals surface area contributed by atoms with Crippen LogP contribution in [-0.2, 0) is 30.4 Å². The molecule has 0 spiro atoms. The molecule has 36 heavy (non-hydrogen) atoms. The van der Waals surface area contributed by atoms with Crippen molar-refractivity contribution in [3.05, 3.63) is 35.9 Å². The molecule has 0 radical (unpaired) electrons. The van der Waals surface area contributed by atoms with E-state index in [1.165, 1.54) is 4.90 Å². The lowest BCUT2D eigenvalue weighted by Gasteiger charge is -2.30. The molecule has 1 saturated heterocycles. The summed E-state index contributed by atoms with van der Waals surface area (Å²) in [4.78, 5) is 63.0. The summed E-state index contributed by atoms with van der Waals surface area (Å²) in [6, 6.07) is 4.94. The maximum absolute atomic E-state index is 13.6. The number of carboxylic acids is 2. The minimum absolute atomic E-state index is 0.0449. The molecule has 0 aromatic heterocycles. The van der Waals surface area contributed by atoms with E-state index in [1.54, 1.807) is 24.3 Å². The molecule has 1 aromatic rings. The molecule has 0 bridgehead atoms. The Morgan fingerprint density at radius 2 is 1.72 bits per heavy atom. The molecule has 0 saturated carbocycles. The third-order valence-corrected chi connectivity index (χ3v) is 6.06. The van der Waals surface area contributed by atoms with Gasteiger partial charge in [0.15, 0.2) is 0 Å². The molecule has 1 heterocycles. The molecule has 1 aliphatic rings. The van der Waals surface area contributed by atoms with Crippen LogP contribution in [0.25, 0.3) is 0 Å². The van der Waals surface area contributed by atoms with Crippen molar-refractivity contribution in [2.24, 2.45) is 11.7 Å². The predicted octanol–water partition coefficient (Wildman–Crippen LogP) is 0.513. The number of rotatable bonds is 13. The van der Waals surface area contributed by atoms with Crippen LogP contribution in [0.3, 0.4) is 0 Å². The van der Waals surface area contributed by atoms with Crippen LogP contribution in [0.15, 0.2) is 30.3 Å². The number of amides is 3. The first-order valence-electron chi connectivity index (χ1n) is 12.1. The molecular weight excluding hydrogens is 468 g/mol. The zero-order valence-electron chi connectivity index (χ0n) is 20.7. The third kappa shape index (κ3) is 8.63. The molecule has 6 N–H and O–H groups in total. The van der Waals surface area contributed by atoms with Crippen molar-refractivity contribution in [3.63, 3.8) is 0 Å². The van der Waals surface area contributed by atoms with Gasteiger partial charge in [-0.3, -0.25) is 19.2 Å². The van der Waals surface area contributed by atoms with E-state index in [2.05, 4.69) is 10.6 Å². The number of nitrogens with one attached hydrogen (secondary N) is 2. The molecule has 1 aliphatic heterocycles. The topological polar surface area (TPSA) is 179 Å². The smallest absolute Gasteiger partial charge is 0.326 e. The standard InChI is InChI=1S/C25H36N4O7/c1-15(2)13-19(25(35)36)28-23(33)20-9-6-12-29(20)24(34)18(14-16-7-4-3-5-8-16)27-22(32)17(26)10-11-21(30)31/h3-5,7-8,15,17-20H,6,9-14,26H2,1-2H3,(H,27,32)(H,28,33)(H,30,31)(H,35,36). The fraction of sp³-hybridized carbons (Fsp3) is 0.560. The molecular formula is C25H36N4O7. The zero-order chi connectivity index (χ0) is 26.8. The number of hydrogen-bond donors (Lipinski definition) is 5. The highest BCUT2D eigenvalue weighted by molar-refractivity contribution is 5.94. The van der Waals surface area contributed by atoms with Crippen LogP contribution in [0.5, 0.6) is 0 Å². The normalized spacial score (nSPS) is 17.8. The average Bonchev–Trinajstić information content (AvgIpc) is 3.31. The van der Waals surface area contributed by atoms with Gasteiger partial charge in [-0.25, -0.2) is 4.79 Å². The van der Waals surface area contributed by atoms with E-state index in [0.29, 0.717) is 12.8 Å². The van der Waals surface area contributed by atoms with E-state index in [1.807, 2.05) is 19.9 Å². The van der Waals surface area contributed by atoms with E-state index >= 15 is 0 Å². The number of likely N-dealkylation sites (tertiary alicyclic amines) is 1. The number of nitrogens with zero attached hydrogens (tertiary/aromatic N) is 1. The summed E-state index contributed by atoms with van der Waals surface area (Å²) >= 11 is 0. The Hall–Kier alpha value is -3.47. The van der Waals surface area contributed by atoms with Crippen LogP contribution in [0.1, 0.15) is 51.5 Å². The first kappa shape index (κ1) is 28.8. The fourth-order valence-corrected chi connectivity index (χ4v) is 4.20. The van der Waals surface area contributed by atoms with Gasteiger partial charge in [-0.2, -0.15) is 0 Å². The highest BCUT2D eigenvalue weighted by atomic mass is 16.4. The Balaban J connectivity index is 2.19. The Bertz CT molecular complexity index is 938. The second-order valence-electron chi connectivity index (χ2n) is 9.51. The molecule has 4 unspecified atom stereocenters. The highest BCUT2D eigenvalue weighted by Gasteiger charge is 2.39. The van der Waals surface area contributed by atoms with Crippen molar-refractivity contribution in [2.75, 3.05) is 6.54 Å². The predicted molar refractivity (Wildman–Crippen MR) is 131 cm³/mol. The number of nitrogens with two attached hydrogens (primary N) is 1. The summed E-state index contributed by atoms with van der Waals surface area (Å²) in [6.07, 6.45) is 0.942. The maximum atomic E-state index is 13.6. The Morgan fingerprint density at radius 3 is 2.31 bits per heavy atom. The van der Waals surface area contributed by atoms with Crippen LogP contribution in [0, 0.1) is 5.92 Å². The second-order valence-corrected chi connectivity index (χ2v) is 9.51. The Morgan fingerprint density at radius 1 is 1.06 bits per heavy atom. The SMILES string of the molecule is CC(C)CC(NC(=O)C1CCCN1C(=O)C(Cc1ccccc1)NC(=O)C(N)CCC(=O)O)C(=O)O. The van der Waals surface area contributed by atoms with Gasteiger partial charge in [0.1, 0.15) is 18.1 Å². The number of benzene rings is 1. The molecule has 1 fully saturated rings. The van der Waals surface area contributed by atoms with E-state index in [-0.39, 0.29) is 38.1 Å². The van der Waals surface area contributed by atoms with Crippen molar-refractivity contribution >= 4 is 29.7 Å². The lowest BCUT2D eigenvalue weighted by Crippen LogP contribution is -2.57. The van der Waals surface area contributed by atoms with Crippen LogP contribution in [0.4, 0.5) is 0 Å². The lowest BCUT2D eigenvalue weighted by molar-refractivity contribution is -0.145. The van der Waals surface area contributed by atoms with Crippen LogP contribution < -0.4 is 16.4 Å². The zero-order valence-corrected chi connectivity index (χ0v) is 20.7. The van der Waals surface area contributed by atoms with Gasteiger partial charge in [-0.1, -0.05) is 44.2 Å². The van der Waals surface area contributed by atoms with Crippen molar-refractivity contribution in [3.8, 4) is 0 Å². The van der Waals surface area contributed by atoms with E-state index in [4.69, 9.17) is 10.8 Å². The van der Waals surface area contributed by atoms with Gasteiger partial charge in [0.05, 0.1) is 6.04 Å². The average molecular weight is 505 g/mol. The molecule has 11 heteroatoms. The number of aliphatic carboxylic acids is 2. The Kier molecular flexibility index (Phi) is 10.8. The first-order valence-corrected chi connectivity index (χ1v) is 12.1. The van der Waals surface area contributed by atoms with Crippen molar-refractivity contribution in [2.45, 2.75) is 76.5 Å². The highest BCUT2D eigenvalue weighted by Crippen LogP contribution is 2.20. The summed E-state index contributed by atoms with van der Waals surface area (Å²) in [5.74, 6) is -3.87. The van der Waals surface area contributed by atoms with Gasteiger partial charge in [-0.15, -0.1) is 0 Å². The van der Waals surface area contributed by atoms with Crippen LogP contribution >= 0.6 is 0 Å². The van der Waals surface area contributed by atoms with Crippen molar-refractivity contribution < 1.29 is 34.2 Å². The maximum Gasteiger partial charge on any atom is 0.326 e. The number of carboxylic acid groups (broad SMARTS) is 2. The molecule has 198 valence electrons. The first-order chi connectivity index (χ1) is 17.0.